The largest absolute Gasteiger partial charge is 0.460 e. The molecule has 1 aromatic heterocycles. The zero-order valence-corrected chi connectivity index (χ0v) is 18.7. The lowest BCUT2D eigenvalue weighted by molar-refractivity contribution is -0.461. The summed E-state index contributed by atoms with van der Waals surface area (Å²) in [5.41, 5.74) is 0.0602. The van der Waals surface area contributed by atoms with Crippen molar-refractivity contribution in [1.82, 2.24) is 15.0 Å². The van der Waals surface area contributed by atoms with E-state index in [-0.39, 0.29) is 10.4 Å². The molecule has 0 saturated heterocycles. The third-order valence-corrected chi connectivity index (χ3v) is 5.10. The molecule has 0 radical (unpaired) electrons. The summed E-state index contributed by atoms with van der Waals surface area (Å²) < 4.78 is 226. The first-order valence-electron chi connectivity index (χ1n) is 9.98. The van der Waals surface area contributed by atoms with E-state index in [0.29, 0.717) is 11.9 Å². The summed E-state index contributed by atoms with van der Waals surface area (Å²) in [5, 5.41) is 6.40. The van der Waals surface area contributed by atoms with Gasteiger partial charge < -0.3 is 0 Å². The number of benzene rings is 1. The Labute approximate surface area is 210 Å². The molecule has 0 amide bonds. The van der Waals surface area contributed by atoms with Gasteiger partial charge in [-0.1, -0.05) is 23.4 Å². The molecule has 0 saturated carbocycles. The fourth-order valence-corrected chi connectivity index (χ4v) is 2.74. The number of hydrogen-bond acceptors (Lipinski definition) is 3. The number of nitrogens with zero attached hydrogens (tertiary/aromatic N) is 4. The van der Waals surface area contributed by atoms with Gasteiger partial charge in [-0.25, -0.2) is 0 Å². The highest BCUT2D eigenvalue weighted by Gasteiger charge is 2.95. The Hall–Kier alpha value is -3.16. The summed E-state index contributed by atoms with van der Waals surface area (Å²) >= 11 is 0. The van der Waals surface area contributed by atoms with E-state index in [1.54, 1.807) is 18.2 Å². The van der Waals surface area contributed by atoms with Crippen molar-refractivity contribution < 1.29 is 74.6 Å². The molecule has 2 rings (SSSR count). The van der Waals surface area contributed by atoms with Crippen LogP contribution in [0, 0.1) is 0 Å². The second-order valence-electron chi connectivity index (χ2n) is 7.90. The summed E-state index contributed by atoms with van der Waals surface area (Å²) in [6.07, 6.45) is -8.81. The summed E-state index contributed by atoms with van der Waals surface area (Å²) in [5.74, 6) is -56.5. The third kappa shape index (κ3) is 5.17. The van der Waals surface area contributed by atoms with Gasteiger partial charge in [-0.15, -0.1) is 5.10 Å². The first-order chi connectivity index (χ1) is 17.8. The third-order valence-electron chi connectivity index (χ3n) is 5.10. The molecular formula is C19H11F17N4. The van der Waals surface area contributed by atoms with Crippen LogP contribution in [0.2, 0.25) is 0 Å². The molecule has 0 aliphatic rings. The second kappa shape index (κ2) is 10.0. The lowest BCUT2D eigenvalue weighted by atomic mass is 9.88. The molecule has 40 heavy (non-hydrogen) atoms. The Kier molecular flexibility index (Phi) is 8.29. The lowest BCUT2D eigenvalue weighted by Crippen LogP contribution is -2.74. The van der Waals surface area contributed by atoms with Crippen molar-refractivity contribution in [2.75, 3.05) is 0 Å². The van der Waals surface area contributed by atoms with Gasteiger partial charge in [0.2, 0.25) is 0 Å². The monoisotopic (exact) mass is 618 g/mol. The van der Waals surface area contributed by atoms with E-state index in [1.165, 1.54) is 12.1 Å². The maximum absolute atomic E-state index is 14.0. The van der Waals surface area contributed by atoms with E-state index >= 15 is 0 Å². The Bertz CT molecular complexity index is 1180. The minimum atomic E-state index is -8.65. The smallest absolute Gasteiger partial charge is 0.255 e. The predicted octanol–water partition coefficient (Wildman–Crippen LogP) is 7.43. The van der Waals surface area contributed by atoms with Crippen LogP contribution in [0.4, 0.5) is 80.3 Å². The molecule has 21 heteroatoms. The Balaban J connectivity index is 2.32. The topological polar surface area (TPSA) is 43.1 Å². The van der Waals surface area contributed by atoms with Crippen LogP contribution in [0.25, 0.3) is 0 Å². The van der Waals surface area contributed by atoms with E-state index in [4.69, 9.17) is 0 Å². The molecule has 2 aromatic rings. The van der Waals surface area contributed by atoms with Crippen LogP contribution in [0.3, 0.4) is 0 Å². The van der Waals surface area contributed by atoms with Gasteiger partial charge in [-0.2, -0.15) is 74.6 Å². The van der Waals surface area contributed by atoms with Crippen LogP contribution in [0.5, 0.6) is 0 Å². The van der Waals surface area contributed by atoms with Crippen molar-refractivity contribution in [3.05, 3.63) is 42.2 Å². The first-order valence-corrected chi connectivity index (χ1v) is 9.98. The SMILES string of the molecule is FC(F)(F)C(F)(F)C(F)(F)C(F)(F)C(F)(F)C(F)(F)C(F)(F)C(F)(F)CCn1cc(C=Nc2ccccc2)nn1. The molecule has 1 heterocycles. The quantitative estimate of drug-likeness (QED) is 0.194. The highest BCUT2D eigenvalue weighted by molar-refractivity contribution is 5.78. The zero-order chi connectivity index (χ0) is 31.2. The average Bonchev–Trinajstić information content (AvgIpc) is 3.28. The molecule has 0 spiro atoms. The first kappa shape index (κ1) is 33.0. The van der Waals surface area contributed by atoms with Crippen molar-refractivity contribution in [2.24, 2.45) is 4.99 Å². The Morgan fingerprint density at radius 3 is 1.55 bits per heavy atom. The normalized spacial score (nSPS) is 15.2. The van der Waals surface area contributed by atoms with Gasteiger partial charge in [0.1, 0.15) is 5.69 Å². The van der Waals surface area contributed by atoms with Gasteiger partial charge in [0.25, 0.3) is 0 Å². The Morgan fingerprint density at radius 1 is 0.625 bits per heavy atom. The second-order valence-corrected chi connectivity index (χ2v) is 7.90. The van der Waals surface area contributed by atoms with Gasteiger partial charge in [0, 0.05) is 13.0 Å². The standard InChI is InChI=1S/C19H11F17N4/c20-12(21,6-7-40-9-11(38-39-40)8-37-10-4-2-1-3-5-10)13(22,23)14(24,25)15(26,27)16(28,29)17(30,31)18(32,33)19(34,35)36/h1-5,8-9H,6-7H2. The number of halogens is 17. The van der Waals surface area contributed by atoms with Gasteiger partial charge >= 0.3 is 47.6 Å². The fraction of sp³-hybridized carbons (Fsp3) is 0.526. The van der Waals surface area contributed by atoms with Crippen molar-refractivity contribution in [3.63, 3.8) is 0 Å². The van der Waals surface area contributed by atoms with E-state index in [1.807, 2.05) is 0 Å². The van der Waals surface area contributed by atoms with Crippen molar-refractivity contribution in [1.29, 1.82) is 0 Å². The number of alkyl halides is 17. The van der Waals surface area contributed by atoms with Crippen molar-refractivity contribution in [3.8, 4) is 0 Å². The predicted molar refractivity (Wildman–Crippen MR) is 99.0 cm³/mol. The minimum Gasteiger partial charge on any atom is -0.255 e. The van der Waals surface area contributed by atoms with Crippen LogP contribution in [0.15, 0.2) is 41.5 Å². The van der Waals surface area contributed by atoms with Crippen LogP contribution < -0.4 is 0 Å². The minimum absolute atomic E-state index is 0.235. The van der Waals surface area contributed by atoms with Gasteiger partial charge in [-0.05, 0) is 12.1 Å². The molecule has 0 N–H and O–H groups in total. The summed E-state index contributed by atoms with van der Waals surface area (Å²) in [7, 11) is 0. The van der Waals surface area contributed by atoms with E-state index in [2.05, 4.69) is 15.3 Å². The molecular weight excluding hydrogens is 607 g/mol. The van der Waals surface area contributed by atoms with Crippen molar-refractivity contribution >= 4 is 11.9 Å². The van der Waals surface area contributed by atoms with Crippen LogP contribution in [0.1, 0.15) is 12.1 Å². The number of aryl methyl sites for hydroxylation is 1. The highest BCUT2D eigenvalue weighted by atomic mass is 19.4. The molecule has 0 fully saturated rings. The zero-order valence-electron chi connectivity index (χ0n) is 18.7. The molecule has 0 aliphatic carbocycles. The number of aromatic nitrogens is 3. The van der Waals surface area contributed by atoms with E-state index < -0.39 is 60.6 Å². The molecule has 0 atom stereocenters. The highest BCUT2D eigenvalue weighted by Crippen LogP contribution is 2.64. The molecule has 0 bridgehead atoms. The summed E-state index contributed by atoms with van der Waals surface area (Å²) in [6.45, 7) is -1.59. The molecule has 226 valence electrons. The fourth-order valence-electron chi connectivity index (χ4n) is 2.74. The molecule has 0 aliphatic heterocycles. The number of hydrogen-bond donors (Lipinski definition) is 0. The van der Waals surface area contributed by atoms with Gasteiger partial charge in [0.05, 0.1) is 18.1 Å². The van der Waals surface area contributed by atoms with E-state index in [9.17, 15) is 74.6 Å². The maximum atomic E-state index is 14.0. The maximum Gasteiger partial charge on any atom is 0.460 e. The number of aliphatic imine (C=N–C) groups is 1. The van der Waals surface area contributed by atoms with Gasteiger partial charge in [0.15, 0.2) is 0 Å². The molecule has 1 aromatic carbocycles. The lowest BCUT2D eigenvalue weighted by Gasteiger charge is -2.42. The van der Waals surface area contributed by atoms with Gasteiger partial charge in [-0.3, -0.25) is 9.67 Å². The number of rotatable bonds is 11. The van der Waals surface area contributed by atoms with Crippen molar-refractivity contribution in [2.45, 2.75) is 60.6 Å². The van der Waals surface area contributed by atoms with Crippen LogP contribution in [-0.2, 0) is 6.54 Å². The summed E-state index contributed by atoms with van der Waals surface area (Å²) in [6, 6.07) is 7.65. The van der Waals surface area contributed by atoms with Crippen LogP contribution >= 0.6 is 0 Å². The average molecular weight is 618 g/mol. The molecule has 0 unspecified atom stereocenters. The number of para-hydroxylation sites is 1. The molecule has 4 nitrogen and oxygen atoms in total. The summed E-state index contributed by atoms with van der Waals surface area (Å²) in [4.78, 5) is 3.82. The Morgan fingerprint density at radius 2 is 1.07 bits per heavy atom. The van der Waals surface area contributed by atoms with Crippen LogP contribution in [-0.4, -0.2) is 68.8 Å². The van der Waals surface area contributed by atoms with E-state index in [0.717, 1.165) is 6.21 Å².